The molecule has 0 unspecified atom stereocenters. The van der Waals surface area contributed by atoms with Gasteiger partial charge in [-0.2, -0.15) is 0 Å². The van der Waals surface area contributed by atoms with Gasteiger partial charge in [0.2, 0.25) is 0 Å². The van der Waals surface area contributed by atoms with Crippen molar-refractivity contribution in [3.05, 3.63) is 41.3 Å². The highest BCUT2D eigenvalue weighted by Crippen LogP contribution is 2.42. The first-order valence-corrected chi connectivity index (χ1v) is 11.4. The maximum absolute atomic E-state index is 15.3. The molecule has 0 saturated carbocycles. The van der Waals surface area contributed by atoms with Crippen LogP contribution in [0.2, 0.25) is 0 Å². The first-order chi connectivity index (χ1) is 16.4. The largest absolute Gasteiger partial charge is 0.494 e. The molecule has 3 aromatic rings. The van der Waals surface area contributed by atoms with Gasteiger partial charge in [0.25, 0.3) is 0 Å². The summed E-state index contributed by atoms with van der Waals surface area (Å²) in [6.07, 6.45) is 1.60. The summed E-state index contributed by atoms with van der Waals surface area (Å²) in [6.45, 7) is 6.77. The van der Waals surface area contributed by atoms with Crippen LogP contribution in [0.25, 0.3) is 10.8 Å². The van der Waals surface area contributed by atoms with E-state index in [4.69, 9.17) is 19.9 Å². The Morgan fingerprint density at radius 3 is 2.31 bits per heavy atom. The molecule has 0 spiro atoms. The van der Waals surface area contributed by atoms with Crippen molar-refractivity contribution in [1.29, 1.82) is 0 Å². The SMILES string of the molecule is CCOc1cc2cn(CC(=O)c3cc(N(C)C)c(OC)c(C(C)(C)F)c3)c(N)c2c(F)c1OCC. The standard InChI is InChI=1S/C26H33F2N3O4/c1-8-34-20-12-16-13-31(25(29)21(16)22(27)24(20)35-9-2)14-19(32)15-10-17(26(3,4)28)23(33-7)18(11-15)30(5)6/h10-13H,8-9,14,29H2,1-7H3. The van der Waals surface area contributed by atoms with Crippen LogP contribution in [0.15, 0.2) is 24.4 Å². The maximum atomic E-state index is 15.3. The fraction of sp³-hybridized carbons (Fsp3) is 0.423. The number of nitrogens with zero attached hydrogens (tertiary/aromatic N) is 2. The number of ketones is 1. The highest BCUT2D eigenvalue weighted by Gasteiger charge is 2.28. The summed E-state index contributed by atoms with van der Waals surface area (Å²) in [7, 11) is 5.03. The van der Waals surface area contributed by atoms with E-state index in [1.54, 1.807) is 51.2 Å². The molecule has 190 valence electrons. The van der Waals surface area contributed by atoms with Gasteiger partial charge in [0.1, 0.15) is 17.2 Å². The number of hydrogen-bond donors (Lipinski definition) is 1. The molecule has 0 aliphatic carbocycles. The molecule has 0 radical (unpaired) electrons. The predicted molar refractivity (Wildman–Crippen MR) is 134 cm³/mol. The van der Waals surface area contributed by atoms with Gasteiger partial charge in [-0.3, -0.25) is 4.79 Å². The molecule has 35 heavy (non-hydrogen) atoms. The Morgan fingerprint density at radius 1 is 1.11 bits per heavy atom. The molecule has 0 saturated heterocycles. The second kappa shape index (κ2) is 10.0. The summed E-state index contributed by atoms with van der Waals surface area (Å²) >= 11 is 0. The van der Waals surface area contributed by atoms with Crippen molar-refractivity contribution in [2.45, 2.75) is 39.9 Å². The van der Waals surface area contributed by atoms with Crippen molar-refractivity contribution in [3.63, 3.8) is 0 Å². The van der Waals surface area contributed by atoms with Crippen LogP contribution in [0, 0.1) is 5.82 Å². The number of nitrogens with two attached hydrogens (primary N) is 1. The molecule has 7 nitrogen and oxygen atoms in total. The third-order valence-electron chi connectivity index (χ3n) is 5.70. The van der Waals surface area contributed by atoms with Gasteiger partial charge in [-0.15, -0.1) is 0 Å². The van der Waals surface area contributed by atoms with E-state index in [-0.39, 0.29) is 52.8 Å². The Morgan fingerprint density at radius 2 is 1.77 bits per heavy atom. The van der Waals surface area contributed by atoms with Gasteiger partial charge in [-0.05, 0) is 45.9 Å². The van der Waals surface area contributed by atoms with E-state index in [1.807, 2.05) is 0 Å². The number of hydrogen-bond acceptors (Lipinski definition) is 6. The molecular weight excluding hydrogens is 456 g/mol. The van der Waals surface area contributed by atoms with Crippen molar-refractivity contribution in [2.75, 3.05) is 45.1 Å². The molecule has 0 fully saturated rings. The number of Topliss-reactive ketones (excluding diaryl/α,β-unsaturated/α-hetero) is 1. The van der Waals surface area contributed by atoms with Crippen molar-refractivity contribution in [2.24, 2.45) is 0 Å². The van der Waals surface area contributed by atoms with Gasteiger partial charge in [-0.25, -0.2) is 8.78 Å². The number of benzene rings is 2. The lowest BCUT2D eigenvalue weighted by molar-refractivity contribution is 0.0972. The van der Waals surface area contributed by atoms with Gasteiger partial charge in [0.05, 0.1) is 37.9 Å². The molecule has 0 bridgehead atoms. The molecule has 0 aliphatic heterocycles. The van der Waals surface area contributed by atoms with Gasteiger partial charge >= 0.3 is 0 Å². The van der Waals surface area contributed by atoms with Gasteiger partial charge in [0.15, 0.2) is 23.1 Å². The lowest BCUT2D eigenvalue weighted by atomic mass is 9.94. The highest BCUT2D eigenvalue weighted by molar-refractivity contribution is 6.00. The summed E-state index contributed by atoms with van der Waals surface area (Å²) < 4.78 is 48.3. The number of halogens is 2. The highest BCUT2D eigenvalue weighted by atomic mass is 19.1. The average Bonchev–Trinajstić information content (AvgIpc) is 3.09. The lowest BCUT2D eigenvalue weighted by Gasteiger charge is -2.25. The third-order valence-corrected chi connectivity index (χ3v) is 5.70. The smallest absolute Gasteiger partial charge is 0.197 e. The van der Waals surface area contributed by atoms with Crippen LogP contribution in [0.5, 0.6) is 17.2 Å². The van der Waals surface area contributed by atoms with Crippen molar-refractivity contribution < 1.29 is 27.8 Å². The van der Waals surface area contributed by atoms with Gasteiger partial charge in [-0.1, -0.05) is 0 Å². The molecule has 0 amide bonds. The fourth-order valence-corrected chi connectivity index (χ4v) is 4.05. The van der Waals surface area contributed by atoms with Crippen LogP contribution in [-0.4, -0.2) is 44.8 Å². The summed E-state index contributed by atoms with van der Waals surface area (Å²) in [5.41, 5.74) is 5.63. The fourth-order valence-electron chi connectivity index (χ4n) is 4.05. The number of alkyl halides is 1. The number of fused-ring (bicyclic) bond motifs is 1. The van der Waals surface area contributed by atoms with Crippen molar-refractivity contribution >= 4 is 28.1 Å². The number of nitrogen functional groups attached to an aromatic ring is 1. The average molecular weight is 490 g/mol. The molecule has 2 N–H and O–H groups in total. The Kier molecular flexibility index (Phi) is 7.47. The van der Waals surface area contributed by atoms with E-state index in [9.17, 15) is 4.79 Å². The Labute approximate surface area is 204 Å². The zero-order valence-electron chi connectivity index (χ0n) is 21.3. The Hall–Kier alpha value is -3.49. The molecular formula is C26H33F2N3O4. The van der Waals surface area contributed by atoms with Crippen molar-refractivity contribution in [3.8, 4) is 17.2 Å². The van der Waals surface area contributed by atoms with Crippen LogP contribution < -0.4 is 24.8 Å². The molecule has 0 atom stereocenters. The topological polar surface area (TPSA) is 79.0 Å². The number of methoxy groups -OCH3 is 1. The van der Waals surface area contributed by atoms with E-state index in [0.717, 1.165) is 0 Å². The van der Waals surface area contributed by atoms with Crippen molar-refractivity contribution in [1.82, 2.24) is 4.57 Å². The monoisotopic (exact) mass is 489 g/mol. The number of carbonyl (C=O) groups excluding carboxylic acids is 1. The summed E-state index contributed by atoms with van der Waals surface area (Å²) in [6, 6.07) is 4.79. The number of aromatic nitrogens is 1. The normalized spacial score (nSPS) is 11.6. The second-order valence-electron chi connectivity index (χ2n) is 8.86. The number of carbonyl (C=O) groups is 1. The zero-order valence-corrected chi connectivity index (χ0v) is 21.3. The Balaban J connectivity index is 2.09. The number of anilines is 2. The first kappa shape index (κ1) is 26.1. The van der Waals surface area contributed by atoms with Crippen LogP contribution >= 0.6 is 0 Å². The van der Waals surface area contributed by atoms with E-state index in [2.05, 4.69) is 0 Å². The minimum atomic E-state index is -1.75. The third kappa shape index (κ3) is 4.99. The summed E-state index contributed by atoms with van der Waals surface area (Å²) in [5, 5.41) is 0.632. The molecule has 3 rings (SSSR count). The van der Waals surface area contributed by atoms with Gasteiger partial charge < -0.3 is 29.4 Å². The van der Waals surface area contributed by atoms with Crippen LogP contribution in [-0.2, 0) is 12.2 Å². The first-order valence-electron chi connectivity index (χ1n) is 11.4. The molecule has 1 aromatic heterocycles. The summed E-state index contributed by atoms with van der Waals surface area (Å²) in [4.78, 5) is 15.1. The minimum Gasteiger partial charge on any atom is -0.494 e. The van der Waals surface area contributed by atoms with E-state index < -0.39 is 11.5 Å². The molecule has 1 heterocycles. The quantitative estimate of drug-likeness (QED) is 0.388. The van der Waals surface area contributed by atoms with E-state index in [0.29, 0.717) is 23.4 Å². The number of rotatable bonds is 10. The maximum Gasteiger partial charge on any atom is 0.197 e. The zero-order chi connectivity index (χ0) is 26.1. The van der Waals surface area contributed by atoms with Crippen LogP contribution in [0.1, 0.15) is 43.6 Å². The van der Waals surface area contributed by atoms with E-state index >= 15 is 8.78 Å². The van der Waals surface area contributed by atoms with Crippen LogP contribution in [0.4, 0.5) is 20.3 Å². The van der Waals surface area contributed by atoms with E-state index in [1.165, 1.54) is 31.6 Å². The lowest BCUT2D eigenvalue weighted by Crippen LogP contribution is -2.19. The predicted octanol–water partition coefficient (Wildman–Crippen LogP) is 5.32. The second-order valence-corrected chi connectivity index (χ2v) is 8.86. The summed E-state index contributed by atoms with van der Waals surface area (Å²) in [5.74, 6) is -0.260. The van der Waals surface area contributed by atoms with Crippen LogP contribution in [0.3, 0.4) is 0 Å². The minimum absolute atomic E-state index is 0.0155. The number of ether oxygens (including phenoxy) is 3. The Bertz CT molecular complexity index is 1250. The molecule has 2 aromatic carbocycles. The van der Waals surface area contributed by atoms with Gasteiger partial charge in [0, 0.05) is 36.8 Å². The molecule has 9 heteroatoms. The molecule has 0 aliphatic rings.